The number of benzene rings is 1. The fourth-order valence-electron chi connectivity index (χ4n) is 1.95. The van der Waals surface area contributed by atoms with E-state index in [9.17, 15) is 0 Å². The molecule has 0 fully saturated rings. The van der Waals surface area contributed by atoms with Crippen LogP contribution in [0.5, 0.6) is 0 Å². The minimum absolute atomic E-state index is 0.125. The van der Waals surface area contributed by atoms with Crippen molar-refractivity contribution in [2.24, 2.45) is 5.41 Å². The van der Waals surface area contributed by atoms with Gasteiger partial charge in [0.2, 0.25) is 0 Å². The van der Waals surface area contributed by atoms with E-state index in [0.717, 1.165) is 12.8 Å². The largest absolute Gasteiger partial charge is 0.102 e. The first-order chi connectivity index (χ1) is 8.01. The molecule has 0 radical (unpaired) electrons. The van der Waals surface area contributed by atoms with Crippen molar-refractivity contribution in [1.82, 2.24) is 0 Å². The van der Waals surface area contributed by atoms with Gasteiger partial charge in [0.15, 0.2) is 0 Å². The fraction of sp³-hybridized carbons (Fsp3) is 0.412. The van der Waals surface area contributed by atoms with E-state index in [0.29, 0.717) is 0 Å². The van der Waals surface area contributed by atoms with Gasteiger partial charge in [-0.05, 0) is 39.2 Å². The Labute approximate surface area is 106 Å². The number of rotatable bonds is 5. The van der Waals surface area contributed by atoms with Crippen LogP contribution in [0.25, 0.3) is 0 Å². The maximum absolute atomic E-state index is 3.99. The predicted octanol–water partition coefficient (Wildman–Crippen LogP) is 5.09. The van der Waals surface area contributed by atoms with Gasteiger partial charge < -0.3 is 0 Å². The maximum atomic E-state index is 3.99. The molecule has 1 aromatic carbocycles. The predicted molar refractivity (Wildman–Crippen MR) is 77.2 cm³/mol. The molecule has 0 bridgehead atoms. The summed E-state index contributed by atoms with van der Waals surface area (Å²) < 4.78 is 0. The Morgan fingerprint density at radius 2 is 1.88 bits per heavy atom. The minimum atomic E-state index is 0.125. The van der Waals surface area contributed by atoms with Crippen LogP contribution in [-0.4, -0.2) is 0 Å². The van der Waals surface area contributed by atoms with Crippen LogP contribution >= 0.6 is 0 Å². The summed E-state index contributed by atoms with van der Waals surface area (Å²) in [5.74, 6) is 0. The van der Waals surface area contributed by atoms with Crippen LogP contribution in [-0.2, 0) is 6.42 Å². The van der Waals surface area contributed by atoms with E-state index in [1.807, 2.05) is 0 Å². The summed E-state index contributed by atoms with van der Waals surface area (Å²) in [5.41, 5.74) is 4.26. The Hall–Kier alpha value is -1.30. The fourth-order valence-corrected chi connectivity index (χ4v) is 1.95. The smallest absolute Gasteiger partial charge is 0.00601 e. The molecule has 0 saturated carbocycles. The molecule has 1 aromatic rings. The molecular weight excluding hydrogens is 204 g/mol. The van der Waals surface area contributed by atoms with Crippen LogP contribution < -0.4 is 0 Å². The zero-order valence-electron chi connectivity index (χ0n) is 11.6. The monoisotopic (exact) mass is 228 g/mol. The normalized spacial score (nSPS) is 15.4. The number of hydrogen-bond acceptors (Lipinski definition) is 0. The topological polar surface area (TPSA) is 0 Å². The summed E-state index contributed by atoms with van der Waals surface area (Å²) in [6, 6.07) is 8.82. The van der Waals surface area contributed by atoms with Crippen LogP contribution in [0.15, 0.2) is 48.6 Å². The highest BCUT2D eigenvalue weighted by Crippen LogP contribution is 2.33. The van der Waals surface area contributed by atoms with Crippen molar-refractivity contribution in [3.8, 4) is 0 Å². The SMILES string of the molecule is C=CC(C)(CCc1ccc(C)cc1)/C(C)=C/C. The van der Waals surface area contributed by atoms with E-state index in [1.165, 1.54) is 16.7 Å². The van der Waals surface area contributed by atoms with E-state index < -0.39 is 0 Å². The second kappa shape index (κ2) is 5.86. The lowest BCUT2D eigenvalue weighted by Crippen LogP contribution is -2.15. The Bertz CT molecular complexity index is 395. The van der Waals surface area contributed by atoms with Gasteiger partial charge in [0.1, 0.15) is 0 Å². The van der Waals surface area contributed by atoms with Crippen molar-refractivity contribution in [3.63, 3.8) is 0 Å². The van der Waals surface area contributed by atoms with Gasteiger partial charge in [-0.15, -0.1) is 6.58 Å². The van der Waals surface area contributed by atoms with Crippen molar-refractivity contribution >= 4 is 0 Å². The van der Waals surface area contributed by atoms with Crippen molar-refractivity contribution in [3.05, 3.63) is 59.7 Å². The van der Waals surface area contributed by atoms with Crippen molar-refractivity contribution in [2.75, 3.05) is 0 Å². The van der Waals surface area contributed by atoms with Crippen LogP contribution in [0.1, 0.15) is 38.3 Å². The van der Waals surface area contributed by atoms with Crippen molar-refractivity contribution in [2.45, 2.75) is 40.5 Å². The van der Waals surface area contributed by atoms with E-state index in [1.54, 1.807) is 0 Å². The van der Waals surface area contributed by atoms with E-state index >= 15 is 0 Å². The molecule has 17 heavy (non-hydrogen) atoms. The van der Waals surface area contributed by atoms with Gasteiger partial charge >= 0.3 is 0 Å². The highest BCUT2D eigenvalue weighted by atomic mass is 14.3. The molecular formula is C17H24. The zero-order valence-corrected chi connectivity index (χ0v) is 11.6. The van der Waals surface area contributed by atoms with Crippen LogP contribution in [0.4, 0.5) is 0 Å². The van der Waals surface area contributed by atoms with Gasteiger partial charge in [-0.25, -0.2) is 0 Å². The summed E-state index contributed by atoms with van der Waals surface area (Å²) in [6.45, 7) is 12.7. The Morgan fingerprint density at radius 1 is 1.29 bits per heavy atom. The molecule has 0 amide bonds. The van der Waals surface area contributed by atoms with Crippen LogP contribution in [0.3, 0.4) is 0 Å². The lowest BCUT2D eigenvalue weighted by molar-refractivity contribution is 0.468. The lowest BCUT2D eigenvalue weighted by atomic mass is 9.78. The first-order valence-electron chi connectivity index (χ1n) is 6.34. The van der Waals surface area contributed by atoms with E-state index in [2.05, 4.69) is 70.7 Å². The van der Waals surface area contributed by atoms with Gasteiger partial charge in [-0.1, -0.05) is 54.5 Å². The molecule has 92 valence electrons. The second-order valence-electron chi connectivity index (χ2n) is 5.08. The molecule has 0 nitrogen and oxygen atoms in total. The van der Waals surface area contributed by atoms with E-state index in [4.69, 9.17) is 0 Å². The molecule has 0 aromatic heterocycles. The van der Waals surface area contributed by atoms with Gasteiger partial charge in [0, 0.05) is 5.41 Å². The maximum Gasteiger partial charge on any atom is 0.00601 e. The molecule has 0 heteroatoms. The molecule has 0 aliphatic rings. The molecule has 0 aliphatic carbocycles. The molecule has 0 spiro atoms. The number of hydrogen-bond donors (Lipinski definition) is 0. The molecule has 1 atom stereocenters. The van der Waals surface area contributed by atoms with Gasteiger partial charge in [-0.3, -0.25) is 0 Å². The highest BCUT2D eigenvalue weighted by molar-refractivity contribution is 5.23. The Balaban J connectivity index is 2.71. The van der Waals surface area contributed by atoms with Crippen molar-refractivity contribution < 1.29 is 0 Å². The Morgan fingerprint density at radius 3 is 2.35 bits per heavy atom. The van der Waals surface area contributed by atoms with Crippen LogP contribution in [0.2, 0.25) is 0 Å². The number of allylic oxidation sites excluding steroid dienone is 3. The quantitative estimate of drug-likeness (QED) is 0.616. The van der Waals surface area contributed by atoms with Crippen molar-refractivity contribution in [1.29, 1.82) is 0 Å². The second-order valence-corrected chi connectivity index (χ2v) is 5.08. The summed E-state index contributed by atoms with van der Waals surface area (Å²) in [7, 11) is 0. The standard InChI is InChI=1S/C17H24/c1-6-15(4)17(5,7-2)13-12-16-10-8-14(3)9-11-16/h6-11H,2,12-13H2,1,3-5H3/b15-6+. The molecule has 0 heterocycles. The number of aryl methyl sites for hydroxylation is 2. The van der Waals surface area contributed by atoms with Gasteiger partial charge in [-0.2, -0.15) is 0 Å². The Kier molecular flexibility index (Phi) is 4.74. The molecule has 0 saturated heterocycles. The van der Waals surface area contributed by atoms with Gasteiger partial charge in [0.25, 0.3) is 0 Å². The molecule has 1 unspecified atom stereocenters. The van der Waals surface area contributed by atoms with Crippen LogP contribution in [0, 0.1) is 12.3 Å². The summed E-state index contributed by atoms with van der Waals surface area (Å²) in [4.78, 5) is 0. The summed E-state index contributed by atoms with van der Waals surface area (Å²) in [5, 5.41) is 0. The summed E-state index contributed by atoms with van der Waals surface area (Å²) >= 11 is 0. The molecule has 0 aliphatic heterocycles. The first kappa shape index (κ1) is 13.8. The average Bonchev–Trinajstić information content (AvgIpc) is 2.36. The zero-order chi connectivity index (χ0) is 12.9. The average molecular weight is 228 g/mol. The van der Waals surface area contributed by atoms with Gasteiger partial charge in [0.05, 0.1) is 0 Å². The molecule has 0 N–H and O–H groups in total. The third-order valence-electron chi connectivity index (χ3n) is 3.84. The summed E-state index contributed by atoms with van der Waals surface area (Å²) in [6.07, 6.45) is 6.50. The minimum Gasteiger partial charge on any atom is -0.102 e. The lowest BCUT2D eigenvalue weighted by Gasteiger charge is -2.27. The molecule has 1 rings (SSSR count). The highest BCUT2D eigenvalue weighted by Gasteiger charge is 2.21. The first-order valence-corrected chi connectivity index (χ1v) is 6.34. The van der Waals surface area contributed by atoms with E-state index in [-0.39, 0.29) is 5.41 Å². The third-order valence-corrected chi connectivity index (χ3v) is 3.84. The third kappa shape index (κ3) is 3.59.